The van der Waals surface area contributed by atoms with E-state index in [2.05, 4.69) is 38.8 Å². The molecule has 2 aromatic rings. The van der Waals surface area contributed by atoms with Gasteiger partial charge in [0, 0.05) is 18.8 Å². The lowest BCUT2D eigenvalue weighted by Crippen LogP contribution is -2.19. The van der Waals surface area contributed by atoms with Crippen LogP contribution in [0.1, 0.15) is 24.9 Å². The van der Waals surface area contributed by atoms with Gasteiger partial charge in [-0.15, -0.1) is 0 Å². The summed E-state index contributed by atoms with van der Waals surface area (Å²) in [5.74, 6) is -0.425. The van der Waals surface area contributed by atoms with Crippen molar-refractivity contribution in [2.24, 2.45) is 9.98 Å². The van der Waals surface area contributed by atoms with E-state index in [1.807, 2.05) is 49.4 Å². The minimum atomic E-state index is -0.425. The normalized spacial score (nSPS) is 13.3. The van der Waals surface area contributed by atoms with Gasteiger partial charge in [0.05, 0.1) is 34.9 Å². The molecule has 0 aliphatic heterocycles. The Morgan fingerprint density at radius 1 is 1.30 bits per heavy atom. The fourth-order valence-corrected chi connectivity index (χ4v) is 3.23. The van der Waals surface area contributed by atoms with Gasteiger partial charge >= 0.3 is 0 Å². The smallest absolute Gasteiger partial charge is 0.142 e. The van der Waals surface area contributed by atoms with Gasteiger partial charge in [-0.2, -0.15) is 10.2 Å². The van der Waals surface area contributed by atoms with E-state index in [4.69, 9.17) is 11.6 Å². The third kappa shape index (κ3) is 8.12. The fourth-order valence-electron chi connectivity index (χ4n) is 3.11. The van der Waals surface area contributed by atoms with Crippen molar-refractivity contribution in [1.29, 1.82) is 0 Å². The minimum absolute atomic E-state index is 0.0235. The van der Waals surface area contributed by atoms with Crippen molar-refractivity contribution in [3.63, 3.8) is 0 Å². The summed E-state index contributed by atoms with van der Waals surface area (Å²) in [4.78, 5) is 10.4. The van der Waals surface area contributed by atoms with Crippen LogP contribution in [0.15, 0.2) is 95.5 Å². The van der Waals surface area contributed by atoms with E-state index in [0.717, 1.165) is 23.2 Å². The molecule has 2 rings (SSSR count). The quantitative estimate of drug-likeness (QED) is 0.307. The molecule has 0 bridgehead atoms. The van der Waals surface area contributed by atoms with E-state index in [1.54, 1.807) is 36.8 Å². The average Bonchev–Trinajstić information content (AvgIpc) is 2.82. The Morgan fingerprint density at radius 2 is 2.12 bits per heavy atom. The van der Waals surface area contributed by atoms with E-state index >= 15 is 0 Å². The molecule has 1 aromatic heterocycles. The Balaban J connectivity index is 2.24. The maximum Gasteiger partial charge on any atom is 0.142 e. The van der Waals surface area contributed by atoms with Gasteiger partial charge in [-0.05, 0) is 55.3 Å². The maximum atomic E-state index is 14.0. The van der Waals surface area contributed by atoms with Crippen LogP contribution in [0, 0.1) is 5.82 Å². The summed E-state index contributed by atoms with van der Waals surface area (Å²) in [6.07, 6.45) is 14.8. The fraction of sp³-hybridized carbons (Fsp3) is 0.200. The Kier molecular flexibility index (Phi) is 10.7. The Labute approximate surface area is 199 Å². The second-order valence-corrected chi connectivity index (χ2v) is 7.35. The van der Waals surface area contributed by atoms with Crippen molar-refractivity contribution in [2.45, 2.75) is 19.4 Å². The highest BCUT2D eigenvalue weighted by Gasteiger charge is 2.14. The average molecular weight is 467 g/mol. The number of nitrogens with one attached hydrogen (secondary N) is 1. The summed E-state index contributed by atoms with van der Waals surface area (Å²) >= 11 is 5.84. The summed E-state index contributed by atoms with van der Waals surface area (Å²) in [7, 11) is 1.94. The van der Waals surface area contributed by atoms with Crippen LogP contribution in [-0.4, -0.2) is 41.2 Å². The SMILES string of the molecule is C=C/C=C(\C=C/N(C)C(CC)c1ccc(Cl)c(F)c1)C(/C=C\N=C)=NCNc1ccnnc1. The van der Waals surface area contributed by atoms with E-state index < -0.39 is 5.82 Å². The lowest BCUT2D eigenvalue weighted by molar-refractivity contribution is 0.327. The number of allylic oxidation sites excluding steroid dienone is 5. The molecule has 0 aliphatic rings. The topological polar surface area (TPSA) is 65.8 Å². The number of hydrogen-bond acceptors (Lipinski definition) is 6. The molecule has 1 heterocycles. The van der Waals surface area contributed by atoms with Gasteiger partial charge in [0.1, 0.15) is 12.5 Å². The van der Waals surface area contributed by atoms with Gasteiger partial charge in [-0.3, -0.25) is 9.98 Å². The van der Waals surface area contributed by atoms with Gasteiger partial charge in [0.25, 0.3) is 0 Å². The zero-order chi connectivity index (χ0) is 24.1. The molecule has 1 atom stereocenters. The molecule has 0 spiro atoms. The zero-order valence-electron chi connectivity index (χ0n) is 18.8. The van der Waals surface area contributed by atoms with E-state index in [1.165, 1.54) is 6.07 Å². The van der Waals surface area contributed by atoms with Crippen LogP contribution in [0.3, 0.4) is 0 Å². The van der Waals surface area contributed by atoms with Gasteiger partial charge < -0.3 is 10.2 Å². The summed E-state index contributed by atoms with van der Waals surface area (Å²) in [5, 5.41) is 10.9. The molecule has 0 radical (unpaired) electrons. The standard InChI is InChI=1S/C25H28ClFN6/c1-5-7-19(24(11-13-28-3)30-18-29-21-10-14-31-32-17-21)12-15-33(4)25(6-2)20-8-9-22(26)23(27)16-20/h5,7-17,25H,1,3,6,18H2,2,4H3,(H,29,31)/b13-11-,15-12-,19-7+,30-24?. The second kappa shape index (κ2) is 13.8. The van der Waals surface area contributed by atoms with Gasteiger partial charge in [0.2, 0.25) is 0 Å². The molecule has 6 nitrogen and oxygen atoms in total. The van der Waals surface area contributed by atoms with Crippen LogP contribution in [0.25, 0.3) is 0 Å². The minimum Gasteiger partial charge on any atom is -0.373 e. The maximum absolute atomic E-state index is 14.0. The van der Waals surface area contributed by atoms with Crippen LogP contribution >= 0.6 is 11.6 Å². The monoisotopic (exact) mass is 466 g/mol. The lowest BCUT2D eigenvalue weighted by Gasteiger charge is -2.26. The molecule has 33 heavy (non-hydrogen) atoms. The van der Waals surface area contributed by atoms with Crippen LogP contribution < -0.4 is 5.32 Å². The first-order chi connectivity index (χ1) is 16.0. The molecule has 0 amide bonds. The van der Waals surface area contributed by atoms with Crippen LogP contribution in [-0.2, 0) is 0 Å². The number of nitrogens with zero attached hydrogens (tertiary/aromatic N) is 5. The number of benzene rings is 1. The zero-order valence-corrected chi connectivity index (χ0v) is 19.6. The highest BCUT2D eigenvalue weighted by atomic mass is 35.5. The molecule has 0 saturated carbocycles. The number of hydrogen-bond donors (Lipinski definition) is 1. The number of halogens is 2. The highest BCUT2D eigenvalue weighted by molar-refractivity contribution is 6.30. The molecule has 0 aliphatic carbocycles. The van der Waals surface area contributed by atoms with E-state index in [-0.39, 0.29) is 11.1 Å². The molecule has 0 fully saturated rings. The van der Waals surface area contributed by atoms with Crippen molar-refractivity contribution in [3.05, 3.63) is 102 Å². The Morgan fingerprint density at radius 3 is 2.76 bits per heavy atom. The van der Waals surface area contributed by atoms with Crippen LogP contribution in [0.4, 0.5) is 10.1 Å². The summed E-state index contributed by atoms with van der Waals surface area (Å²) in [6, 6.07) is 6.69. The molecular weight excluding hydrogens is 439 g/mol. The largest absolute Gasteiger partial charge is 0.373 e. The number of anilines is 1. The second-order valence-electron chi connectivity index (χ2n) is 6.94. The van der Waals surface area contributed by atoms with Gasteiger partial charge in [-0.1, -0.05) is 43.3 Å². The summed E-state index contributed by atoms with van der Waals surface area (Å²) < 4.78 is 14.0. The first kappa shape index (κ1) is 25.7. The molecule has 8 heteroatoms. The number of rotatable bonds is 12. The van der Waals surface area contributed by atoms with Crippen molar-refractivity contribution in [2.75, 3.05) is 19.0 Å². The third-order valence-electron chi connectivity index (χ3n) is 4.74. The molecule has 172 valence electrons. The predicted octanol–water partition coefficient (Wildman–Crippen LogP) is 6.00. The molecule has 1 unspecified atom stereocenters. The third-order valence-corrected chi connectivity index (χ3v) is 5.05. The predicted molar refractivity (Wildman–Crippen MR) is 136 cm³/mol. The first-order valence-electron chi connectivity index (χ1n) is 10.4. The molecular formula is C25H28ClFN6. The first-order valence-corrected chi connectivity index (χ1v) is 10.7. The molecule has 1 aromatic carbocycles. The summed E-state index contributed by atoms with van der Waals surface area (Å²) in [5.41, 5.74) is 3.17. The van der Waals surface area contributed by atoms with Gasteiger partial charge in [-0.25, -0.2) is 4.39 Å². The lowest BCUT2D eigenvalue weighted by atomic mass is 10.0. The summed E-state index contributed by atoms with van der Waals surface area (Å²) in [6.45, 7) is 9.67. The van der Waals surface area contributed by atoms with Crippen molar-refractivity contribution >= 4 is 29.7 Å². The van der Waals surface area contributed by atoms with E-state index in [9.17, 15) is 4.39 Å². The van der Waals surface area contributed by atoms with Crippen molar-refractivity contribution in [3.8, 4) is 0 Å². The number of aromatic nitrogens is 2. The van der Waals surface area contributed by atoms with Crippen molar-refractivity contribution in [1.82, 2.24) is 15.1 Å². The van der Waals surface area contributed by atoms with Crippen LogP contribution in [0.5, 0.6) is 0 Å². The molecule has 0 saturated heterocycles. The molecule has 1 N–H and O–H groups in total. The Hall–Kier alpha value is -3.58. The van der Waals surface area contributed by atoms with E-state index in [0.29, 0.717) is 12.4 Å². The van der Waals surface area contributed by atoms with Crippen LogP contribution in [0.2, 0.25) is 5.02 Å². The Bertz CT molecular complexity index is 1050. The van der Waals surface area contributed by atoms with Crippen molar-refractivity contribution < 1.29 is 4.39 Å². The van der Waals surface area contributed by atoms with Gasteiger partial charge in [0.15, 0.2) is 0 Å². The highest BCUT2D eigenvalue weighted by Crippen LogP contribution is 2.26. The number of aliphatic imine (C=N–C) groups is 2.